The fourth-order valence-electron chi connectivity index (χ4n) is 2.34. The molecule has 0 bridgehead atoms. The number of amides is 1. The Kier molecular flexibility index (Phi) is 4.94. The standard InChI is InChI=1S/C11H16F6N2O/c1-19(7-4-2-6(18)3-5-7)9(20)8(10(12,13)14)11(15,16)17/h6-8H,2-5,18H2,1H3. The Morgan fingerprint density at radius 2 is 1.45 bits per heavy atom. The topological polar surface area (TPSA) is 46.3 Å². The summed E-state index contributed by atoms with van der Waals surface area (Å²) in [5.41, 5.74) is 5.61. The molecule has 0 aromatic carbocycles. The summed E-state index contributed by atoms with van der Waals surface area (Å²) in [7, 11) is 0.980. The summed E-state index contributed by atoms with van der Waals surface area (Å²) in [6.45, 7) is 0. The Labute approximate surface area is 112 Å². The van der Waals surface area contributed by atoms with Gasteiger partial charge in [-0.3, -0.25) is 4.79 Å². The summed E-state index contributed by atoms with van der Waals surface area (Å²) < 4.78 is 74.8. The van der Waals surface area contributed by atoms with Gasteiger partial charge in [0.2, 0.25) is 11.8 Å². The van der Waals surface area contributed by atoms with E-state index in [2.05, 4.69) is 0 Å². The van der Waals surface area contributed by atoms with Gasteiger partial charge < -0.3 is 10.6 Å². The third-order valence-corrected chi connectivity index (χ3v) is 3.54. The summed E-state index contributed by atoms with van der Waals surface area (Å²) >= 11 is 0. The van der Waals surface area contributed by atoms with Crippen LogP contribution >= 0.6 is 0 Å². The van der Waals surface area contributed by atoms with E-state index in [1.54, 1.807) is 0 Å². The van der Waals surface area contributed by atoms with Crippen molar-refractivity contribution in [2.24, 2.45) is 11.7 Å². The van der Waals surface area contributed by atoms with Gasteiger partial charge >= 0.3 is 12.4 Å². The number of hydrogen-bond acceptors (Lipinski definition) is 2. The molecule has 0 aromatic rings. The highest BCUT2D eigenvalue weighted by atomic mass is 19.4. The maximum Gasteiger partial charge on any atom is 0.409 e. The lowest BCUT2D eigenvalue weighted by Gasteiger charge is -2.36. The van der Waals surface area contributed by atoms with Crippen LogP contribution in [0.1, 0.15) is 25.7 Å². The molecule has 1 saturated carbocycles. The van der Waals surface area contributed by atoms with Gasteiger partial charge in [0.25, 0.3) is 0 Å². The van der Waals surface area contributed by atoms with E-state index < -0.39 is 30.2 Å². The average molecular weight is 306 g/mol. The molecule has 0 unspecified atom stereocenters. The quantitative estimate of drug-likeness (QED) is 0.797. The second-order valence-electron chi connectivity index (χ2n) is 5.03. The minimum absolute atomic E-state index is 0.115. The monoisotopic (exact) mass is 306 g/mol. The highest BCUT2D eigenvalue weighted by Crippen LogP contribution is 2.41. The third kappa shape index (κ3) is 4.00. The third-order valence-electron chi connectivity index (χ3n) is 3.54. The normalized spacial score (nSPS) is 24.9. The van der Waals surface area contributed by atoms with Crippen LogP contribution in [0.3, 0.4) is 0 Å². The number of alkyl halides is 6. The van der Waals surface area contributed by atoms with Crippen LogP contribution in [0.2, 0.25) is 0 Å². The number of carbonyl (C=O) groups excluding carboxylic acids is 1. The highest BCUT2D eigenvalue weighted by Gasteiger charge is 2.62. The minimum Gasteiger partial charge on any atom is -0.342 e. The van der Waals surface area contributed by atoms with Crippen LogP contribution in [-0.2, 0) is 4.79 Å². The summed E-state index contributed by atoms with van der Waals surface area (Å²) in [6.07, 6.45) is -9.71. The van der Waals surface area contributed by atoms with Gasteiger partial charge in [-0.15, -0.1) is 0 Å². The molecule has 1 aliphatic rings. The van der Waals surface area contributed by atoms with Crippen molar-refractivity contribution in [2.45, 2.75) is 50.1 Å². The van der Waals surface area contributed by atoms with E-state index in [4.69, 9.17) is 5.73 Å². The Morgan fingerprint density at radius 1 is 1.05 bits per heavy atom. The largest absolute Gasteiger partial charge is 0.409 e. The van der Waals surface area contributed by atoms with Crippen LogP contribution in [0, 0.1) is 5.92 Å². The average Bonchev–Trinajstić information content (AvgIpc) is 2.25. The molecule has 0 aromatic heterocycles. The molecule has 0 saturated heterocycles. The Balaban J connectivity index is 2.85. The Bertz CT molecular complexity index is 332. The van der Waals surface area contributed by atoms with Crippen molar-refractivity contribution in [1.29, 1.82) is 0 Å². The second-order valence-corrected chi connectivity index (χ2v) is 5.03. The van der Waals surface area contributed by atoms with E-state index in [1.807, 2.05) is 0 Å². The van der Waals surface area contributed by atoms with Crippen LogP contribution in [0.25, 0.3) is 0 Å². The first kappa shape index (κ1) is 17.1. The number of hydrogen-bond donors (Lipinski definition) is 1. The first-order chi connectivity index (χ1) is 8.94. The van der Waals surface area contributed by atoms with Crippen LogP contribution in [-0.4, -0.2) is 42.3 Å². The zero-order valence-electron chi connectivity index (χ0n) is 10.8. The first-order valence-corrected chi connectivity index (χ1v) is 6.10. The van der Waals surface area contributed by atoms with Crippen LogP contribution in [0.5, 0.6) is 0 Å². The number of carbonyl (C=O) groups is 1. The van der Waals surface area contributed by atoms with Crippen molar-refractivity contribution < 1.29 is 31.1 Å². The summed E-state index contributed by atoms with van der Waals surface area (Å²) in [5.74, 6) is -5.92. The fraction of sp³-hybridized carbons (Fsp3) is 0.909. The van der Waals surface area contributed by atoms with E-state index in [1.165, 1.54) is 0 Å². The van der Waals surface area contributed by atoms with Crippen LogP contribution in [0.4, 0.5) is 26.3 Å². The predicted octanol–water partition coefficient (Wildman–Crippen LogP) is 2.46. The number of rotatable bonds is 2. The van der Waals surface area contributed by atoms with Gasteiger partial charge in [-0.2, -0.15) is 26.3 Å². The number of nitrogens with two attached hydrogens (primary N) is 1. The molecule has 3 nitrogen and oxygen atoms in total. The predicted molar refractivity (Wildman–Crippen MR) is 58.6 cm³/mol. The molecule has 9 heteroatoms. The number of halogens is 6. The number of nitrogens with zero attached hydrogens (tertiary/aromatic N) is 1. The molecule has 1 fully saturated rings. The van der Waals surface area contributed by atoms with Gasteiger partial charge in [-0.25, -0.2) is 0 Å². The van der Waals surface area contributed by atoms with E-state index in [-0.39, 0.29) is 6.04 Å². The van der Waals surface area contributed by atoms with Crippen molar-refractivity contribution in [3.8, 4) is 0 Å². The van der Waals surface area contributed by atoms with Crippen molar-refractivity contribution in [3.05, 3.63) is 0 Å². The molecular formula is C11H16F6N2O. The molecule has 1 aliphatic carbocycles. The maximum atomic E-state index is 12.5. The summed E-state index contributed by atoms with van der Waals surface area (Å²) in [6, 6.07) is -0.745. The highest BCUT2D eigenvalue weighted by molar-refractivity contribution is 5.80. The first-order valence-electron chi connectivity index (χ1n) is 6.10. The van der Waals surface area contributed by atoms with Crippen molar-refractivity contribution in [1.82, 2.24) is 4.90 Å². The lowest BCUT2D eigenvalue weighted by molar-refractivity contribution is -0.277. The molecule has 1 amide bonds. The molecule has 2 N–H and O–H groups in total. The summed E-state index contributed by atoms with van der Waals surface area (Å²) in [5, 5.41) is 0. The van der Waals surface area contributed by atoms with Gasteiger partial charge in [-0.05, 0) is 25.7 Å². The molecular weight excluding hydrogens is 290 g/mol. The zero-order chi connectivity index (χ0) is 15.7. The lowest BCUT2D eigenvalue weighted by atomic mass is 9.90. The van der Waals surface area contributed by atoms with Crippen LogP contribution in [0.15, 0.2) is 0 Å². The molecule has 0 atom stereocenters. The molecule has 20 heavy (non-hydrogen) atoms. The van der Waals surface area contributed by atoms with Crippen molar-refractivity contribution in [3.63, 3.8) is 0 Å². The smallest absolute Gasteiger partial charge is 0.342 e. The molecule has 1 rings (SSSR count). The summed E-state index contributed by atoms with van der Waals surface area (Å²) in [4.78, 5) is 12.1. The SMILES string of the molecule is CN(C(=O)C(C(F)(F)F)C(F)(F)F)C1CCC(N)CC1. The fourth-order valence-corrected chi connectivity index (χ4v) is 2.34. The van der Waals surface area contributed by atoms with Gasteiger partial charge in [0.05, 0.1) is 0 Å². The van der Waals surface area contributed by atoms with E-state index in [9.17, 15) is 31.1 Å². The van der Waals surface area contributed by atoms with Gasteiger partial charge in [-0.1, -0.05) is 0 Å². The van der Waals surface area contributed by atoms with Gasteiger partial charge in [0.1, 0.15) is 0 Å². The van der Waals surface area contributed by atoms with Gasteiger partial charge in [0.15, 0.2) is 0 Å². The van der Waals surface area contributed by atoms with Crippen molar-refractivity contribution >= 4 is 5.91 Å². The lowest BCUT2D eigenvalue weighted by Crippen LogP contribution is -2.52. The maximum absolute atomic E-state index is 12.5. The van der Waals surface area contributed by atoms with E-state index in [0.29, 0.717) is 30.6 Å². The van der Waals surface area contributed by atoms with Crippen LogP contribution < -0.4 is 5.73 Å². The molecule has 118 valence electrons. The Hall–Kier alpha value is -0.990. The van der Waals surface area contributed by atoms with E-state index in [0.717, 1.165) is 7.05 Å². The zero-order valence-corrected chi connectivity index (χ0v) is 10.8. The molecule has 0 radical (unpaired) electrons. The molecule has 0 spiro atoms. The van der Waals surface area contributed by atoms with E-state index >= 15 is 0 Å². The van der Waals surface area contributed by atoms with Crippen molar-refractivity contribution in [2.75, 3.05) is 7.05 Å². The Morgan fingerprint density at radius 3 is 1.80 bits per heavy atom. The molecule has 0 heterocycles. The van der Waals surface area contributed by atoms with Gasteiger partial charge in [0, 0.05) is 19.1 Å². The molecule has 0 aliphatic heterocycles. The minimum atomic E-state index is -5.64. The second kappa shape index (κ2) is 5.79.